The number of alkyl carbamates (subject to hydrolysis) is 1. The van der Waals surface area contributed by atoms with Gasteiger partial charge in [0.25, 0.3) is 0 Å². The van der Waals surface area contributed by atoms with E-state index in [4.69, 9.17) is 14.9 Å². The van der Waals surface area contributed by atoms with Gasteiger partial charge < -0.3 is 30.3 Å². The zero-order valence-corrected chi connectivity index (χ0v) is 14.6. The van der Waals surface area contributed by atoms with Gasteiger partial charge in [0, 0.05) is 25.2 Å². The first-order valence-electron chi connectivity index (χ1n) is 8.10. The molecule has 0 radical (unpaired) electrons. The quantitative estimate of drug-likeness (QED) is 0.486. The van der Waals surface area contributed by atoms with E-state index in [-0.39, 0.29) is 26.2 Å². The molecule has 8 nitrogen and oxygen atoms in total. The average molecular weight is 354 g/mol. The topological polar surface area (TPSA) is 119 Å². The summed E-state index contributed by atoms with van der Waals surface area (Å²) in [4.78, 5) is 25.0. The Morgan fingerprint density at radius 3 is 2.16 bits per heavy atom. The molecule has 0 bridgehead atoms. The van der Waals surface area contributed by atoms with E-state index in [1.807, 2.05) is 4.90 Å². The highest BCUT2D eigenvalue weighted by atomic mass is 16.5. The molecule has 0 aliphatic heterocycles. The van der Waals surface area contributed by atoms with E-state index in [0.717, 1.165) is 11.3 Å². The Hall–Kier alpha value is -2.32. The van der Waals surface area contributed by atoms with Crippen LogP contribution in [0.25, 0.3) is 0 Å². The number of nitrogens with one attached hydrogen (secondary N) is 1. The molecule has 0 aliphatic rings. The van der Waals surface area contributed by atoms with Crippen LogP contribution in [-0.2, 0) is 16.0 Å². The van der Waals surface area contributed by atoms with Crippen molar-refractivity contribution in [3.8, 4) is 0 Å². The van der Waals surface area contributed by atoms with Crippen molar-refractivity contribution in [1.29, 1.82) is 0 Å². The van der Waals surface area contributed by atoms with E-state index >= 15 is 0 Å². The van der Waals surface area contributed by atoms with Crippen molar-refractivity contribution in [3.63, 3.8) is 0 Å². The molecule has 25 heavy (non-hydrogen) atoms. The number of carbonyl (C=O) groups is 2. The van der Waals surface area contributed by atoms with Crippen LogP contribution in [0.5, 0.6) is 0 Å². The molecule has 140 valence electrons. The number of nitrogens with zero attached hydrogens (tertiary/aromatic N) is 1. The van der Waals surface area contributed by atoms with Gasteiger partial charge in [-0.3, -0.25) is 0 Å². The molecule has 0 saturated heterocycles. The molecule has 0 aliphatic carbocycles. The third-order valence-corrected chi connectivity index (χ3v) is 3.72. The molecule has 0 aromatic heterocycles. The molecular weight excluding hydrogens is 328 g/mol. The van der Waals surface area contributed by atoms with Crippen molar-refractivity contribution >= 4 is 17.7 Å². The molecule has 1 amide bonds. The number of aliphatic hydroxyl groups excluding tert-OH is 2. The van der Waals surface area contributed by atoms with Crippen molar-refractivity contribution in [2.45, 2.75) is 25.8 Å². The second-order valence-corrected chi connectivity index (χ2v) is 5.76. The number of amides is 1. The average Bonchev–Trinajstić information content (AvgIpc) is 2.55. The van der Waals surface area contributed by atoms with Gasteiger partial charge >= 0.3 is 12.1 Å². The van der Waals surface area contributed by atoms with Gasteiger partial charge in [0.1, 0.15) is 5.54 Å². The highest BCUT2D eigenvalue weighted by molar-refractivity contribution is 5.84. The highest BCUT2D eigenvalue weighted by Gasteiger charge is 2.35. The van der Waals surface area contributed by atoms with Crippen molar-refractivity contribution in [2.24, 2.45) is 0 Å². The molecule has 0 saturated carbocycles. The van der Waals surface area contributed by atoms with Crippen molar-refractivity contribution in [1.82, 2.24) is 5.32 Å². The first-order chi connectivity index (χ1) is 11.9. The van der Waals surface area contributed by atoms with E-state index in [1.165, 1.54) is 6.92 Å². The van der Waals surface area contributed by atoms with Crippen LogP contribution < -0.4 is 10.2 Å². The van der Waals surface area contributed by atoms with E-state index in [9.17, 15) is 14.7 Å². The van der Waals surface area contributed by atoms with E-state index in [1.54, 1.807) is 31.2 Å². The predicted molar refractivity (Wildman–Crippen MR) is 92.7 cm³/mol. The number of carboxylic acids is 1. The Morgan fingerprint density at radius 1 is 1.16 bits per heavy atom. The summed E-state index contributed by atoms with van der Waals surface area (Å²) in [6, 6.07) is 7.08. The summed E-state index contributed by atoms with van der Waals surface area (Å²) in [6.07, 6.45) is -0.692. The lowest BCUT2D eigenvalue weighted by atomic mass is 9.93. The van der Waals surface area contributed by atoms with Gasteiger partial charge in [0.15, 0.2) is 0 Å². The molecule has 0 spiro atoms. The van der Waals surface area contributed by atoms with Crippen molar-refractivity contribution in [3.05, 3.63) is 29.8 Å². The third kappa shape index (κ3) is 6.24. The van der Waals surface area contributed by atoms with Crippen molar-refractivity contribution < 1.29 is 29.6 Å². The van der Waals surface area contributed by atoms with Crippen LogP contribution in [0.2, 0.25) is 0 Å². The third-order valence-electron chi connectivity index (χ3n) is 3.72. The number of rotatable bonds is 10. The molecular formula is C17H26N2O6. The summed E-state index contributed by atoms with van der Waals surface area (Å²) in [7, 11) is 0. The molecule has 0 fully saturated rings. The standard InChI is InChI=1S/C17H26N2O6/c1-3-25-16(24)18-17(2,15(22)23)12-13-4-6-14(7-5-13)19(8-10-20)9-11-21/h4-7,20-21H,3,8-12H2,1-2H3,(H,18,24)(H,22,23)/t17-/m0/s1. The van der Waals surface area contributed by atoms with Gasteiger partial charge in [0.2, 0.25) is 0 Å². The van der Waals surface area contributed by atoms with E-state index < -0.39 is 17.6 Å². The molecule has 1 rings (SSSR count). The Kier molecular flexibility index (Phi) is 8.17. The number of hydrogen-bond donors (Lipinski definition) is 4. The number of carboxylic acid groups (broad SMARTS) is 1. The minimum Gasteiger partial charge on any atom is -0.480 e. The predicted octanol–water partition coefficient (Wildman–Crippen LogP) is 0.609. The van der Waals surface area contributed by atoms with Gasteiger partial charge in [-0.15, -0.1) is 0 Å². The lowest BCUT2D eigenvalue weighted by Gasteiger charge is -2.27. The van der Waals surface area contributed by atoms with Gasteiger partial charge in [-0.25, -0.2) is 9.59 Å². The van der Waals surface area contributed by atoms with Gasteiger partial charge in [-0.05, 0) is 31.5 Å². The van der Waals surface area contributed by atoms with Gasteiger partial charge in [-0.1, -0.05) is 12.1 Å². The highest BCUT2D eigenvalue weighted by Crippen LogP contribution is 2.19. The Balaban J connectivity index is 2.88. The number of benzene rings is 1. The largest absolute Gasteiger partial charge is 0.480 e. The first kappa shape index (κ1) is 20.7. The Bertz CT molecular complexity index is 557. The Morgan fingerprint density at radius 2 is 1.72 bits per heavy atom. The van der Waals surface area contributed by atoms with E-state index in [2.05, 4.69) is 5.32 Å². The monoisotopic (exact) mass is 354 g/mol. The molecule has 0 unspecified atom stereocenters. The fourth-order valence-electron chi connectivity index (χ4n) is 2.41. The summed E-state index contributed by atoms with van der Waals surface area (Å²) in [5, 5.41) is 30.0. The fourth-order valence-corrected chi connectivity index (χ4v) is 2.41. The normalized spacial score (nSPS) is 13.0. The van der Waals surface area contributed by atoms with Gasteiger partial charge in [0.05, 0.1) is 19.8 Å². The minimum absolute atomic E-state index is 0.0394. The molecule has 4 N–H and O–H groups in total. The second kappa shape index (κ2) is 9.85. The summed E-state index contributed by atoms with van der Waals surface area (Å²) in [5.74, 6) is -1.16. The summed E-state index contributed by atoms with van der Waals surface area (Å²) in [5.41, 5.74) is 0.0320. The number of aliphatic carboxylic acids is 1. The number of carbonyl (C=O) groups excluding carboxylic acids is 1. The second-order valence-electron chi connectivity index (χ2n) is 5.76. The number of ether oxygens (including phenoxy) is 1. The minimum atomic E-state index is -1.50. The first-order valence-corrected chi connectivity index (χ1v) is 8.10. The number of hydrogen-bond acceptors (Lipinski definition) is 6. The SMILES string of the molecule is CCOC(=O)N[C@@](C)(Cc1ccc(N(CCO)CCO)cc1)C(=O)O. The van der Waals surface area contributed by atoms with Crippen LogP contribution in [0.1, 0.15) is 19.4 Å². The zero-order chi connectivity index (χ0) is 18.9. The van der Waals surface area contributed by atoms with Crippen LogP contribution in [0.15, 0.2) is 24.3 Å². The summed E-state index contributed by atoms with van der Waals surface area (Å²) < 4.78 is 4.76. The molecule has 1 aromatic rings. The maximum Gasteiger partial charge on any atom is 0.408 e. The number of anilines is 1. The molecule has 0 heterocycles. The molecule has 1 aromatic carbocycles. The maximum atomic E-state index is 11.6. The molecule has 8 heteroatoms. The van der Waals surface area contributed by atoms with Gasteiger partial charge in [-0.2, -0.15) is 0 Å². The fraction of sp³-hybridized carbons (Fsp3) is 0.529. The number of aliphatic hydroxyl groups is 2. The maximum absolute atomic E-state index is 11.6. The summed E-state index contributed by atoms with van der Waals surface area (Å²) in [6.45, 7) is 3.91. The smallest absolute Gasteiger partial charge is 0.408 e. The van der Waals surface area contributed by atoms with Crippen molar-refractivity contribution in [2.75, 3.05) is 37.8 Å². The zero-order valence-electron chi connectivity index (χ0n) is 14.6. The van der Waals surface area contributed by atoms with Crippen LogP contribution in [0, 0.1) is 0 Å². The van der Waals surface area contributed by atoms with E-state index in [0.29, 0.717) is 13.1 Å². The Labute approximate surface area is 147 Å². The summed E-state index contributed by atoms with van der Waals surface area (Å²) >= 11 is 0. The lowest BCUT2D eigenvalue weighted by Crippen LogP contribution is -2.54. The van der Waals surface area contributed by atoms with Crippen LogP contribution in [0.4, 0.5) is 10.5 Å². The molecule has 1 atom stereocenters. The van der Waals surface area contributed by atoms with Crippen LogP contribution in [-0.4, -0.2) is 65.8 Å². The van der Waals surface area contributed by atoms with Crippen LogP contribution in [0.3, 0.4) is 0 Å². The van der Waals surface area contributed by atoms with Crippen LogP contribution >= 0.6 is 0 Å². The lowest BCUT2D eigenvalue weighted by molar-refractivity contribution is -0.143.